The first-order valence-electron chi connectivity index (χ1n) is 6.79. The van der Waals surface area contributed by atoms with Crippen LogP contribution in [0.5, 0.6) is 0 Å². The Bertz CT molecular complexity index is 612. The molecule has 1 atom stereocenters. The summed E-state index contributed by atoms with van der Waals surface area (Å²) in [7, 11) is -2.18. The van der Waals surface area contributed by atoms with Gasteiger partial charge in [-0.25, -0.2) is 17.9 Å². The van der Waals surface area contributed by atoms with Crippen LogP contribution >= 0.6 is 0 Å². The van der Waals surface area contributed by atoms with Crippen LogP contribution in [0.4, 0.5) is 10.5 Å². The predicted octanol–water partition coefficient (Wildman–Crippen LogP) is 2.07. The Morgan fingerprint density at radius 2 is 1.81 bits per heavy atom. The molecule has 0 bridgehead atoms. The molecule has 1 rings (SSSR count). The summed E-state index contributed by atoms with van der Waals surface area (Å²) < 4.78 is 25.8. The second kappa shape index (κ2) is 6.91. The highest BCUT2D eigenvalue weighted by Gasteiger charge is 2.15. The van der Waals surface area contributed by atoms with E-state index < -0.39 is 10.0 Å². The van der Waals surface area contributed by atoms with Crippen LogP contribution in [-0.4, -0.2) is 27.5 Å². The van der Waals surface area contributed by atoms with Crippen molar-refractivity contribution in [2.45, 2.75) is 38.6 Å². The van der Waals surface area contributed by atoms with Gasteiger partial charge in [0.15, 0.2) is 0 Å². The van der Waals surface area contributed by atoms with Crippen molar-refractivity contribution in [2.75, 3.05) is 12.4 Å². The maximum absolute atomic E-state index is 11.9. The van der Waals surface area contributed by atoms with Gasteiger partial charge >= 0.3 is 6.03 Å². The van der Waals surface area contributed by atoms with E-state index in [2.05, 4.69) is 15.4 Å². The molecule has 0 unspecified atom stereocenters. The summed E-state index contributed by atoms with van der Waals surface area (Å²) in [6, 6.07) is 4.28. The zero-order chi connectivity index (χ0) is 16.2. The number of amides is 2. The number of urea groups is 1. The zero-order valence-electron chi connectivity index (χ0n) is 13.0. The van der Waals surface area contributed by atoms with Gasteiger partial charge in [0.05, 0.1) is 4.90 Å². The fourth-order valence-electron chi connectivity index (χ4n) is 1.55. The number of carbonyl (C=O) groups is 1. The van der Waals surface area contributed by atoms with Crippen molar-refractivity contribution in [1.29, 1.82) is 0 Å². The van der Waals surface area contributed by atoms with Gasteiger partial charge < -0.3 is 10.6 Å². The van der Waals surface area contributed by atoms with Crippen LogP contribution in [0.1, 0.15) is 26.3 Å². The number of rotatable bonds is 5. The van der Waals surface area contributed by atoms with Gasteiger partial charge in [-0.3, -0.25) is 0 Å². The van der Waals surface area contributed by atoms with Gasteiger partial charge in [-0.1, -0.05) is 19.9 Å². The highest BCUT2D eigenvalue weighted by molar-refractivity contribution is 7.89. The largest absolute Gasteiger partial charge is 0.335 e. The SMILES string of the molecule is CNS(=O)(=O)c1ccc(C)c(NC(=O)N[C@H](C)C(C)C)c1. The standard InChI is InChI=1S/C14H23N3O3S/c1-9(2)11(4)16-14(18)17-13-8-12(7-6-10(13)3)21(19,20)15-5/h6-9,11,15H,1-5H3,(H2,16,17,18)/t11-/m1/s1. The number of benzene rings is 1. The Morgan fingerprint density at radius 1 is 1.19 bits per heavy atom. The fourth-order valence-corrected chi connectivity index (χ4v) is 2.31. The molecule has 1 aromatic rings. The van der Waals surface area contributed by atoms with Crippen molar-refractivity contribution in [3.8, 4) is 0 Å². The number of nitrogens with one attached hydrogen (secondary N) is 3. The first kappa shape index (κ1) is 17.5. The molecule has 7 heteroatoms. The Hall–Kier alpha value is -1.60. The summed E-state index contributed by atoms with van der Waals surface area (Å²) >= 11 is 0. The number of sulfonamides is 1. The van der Waals surface area contributed by atoms with E-state index in [4.69, 9.17) is 0 Å². The molecule has 1 aromatic carbocycles. The maximum atomic E-state index is 11.9. The van der Waals surface area contributed by atoms with Gasteiger partial charge in [-0.2, -0.15) is 0 Å². The summed E-state index contributed by atoms with van der Waals surface area (Å²) in [5.74, 6) is 0.313. The molecule has 0 aliphatic rings. The molecule has 0 aliphatic carbocycles. The van der Waals surface area contributed by atoms with Gasteiger partial charge in [0.1, 0.15) is 0 Å². The number of aryl methyl sites for hydroxylation is 1. The topological polar surface area (TPSA) is 87.3 Å². The molecule has 6 nitrogen and oxygen atoms in total. The molecule has 0 fully saturated rings. The van der Waals surface area contributed by atoms with Gasteiger partial charge in [0.25, 0.3) is 0 Å². The van der Waals surface area contributed by atoms with Crippen LogP contribution in [-0.2, 0) is 10.0 Å². The molecule has 0 saturated heterocycles. The third-order valence-corrected chi connectivity index (χ3v) is 4.81. The first-order valence-corrected chi connectivity index (χ1v) is 8.27. The van der Waals surface area contributed by atoms with Crippen LogP contribution in [0.15, 0.2) is 23.1 Å². The van der Waals surface area contributed by atoms with Crippen LogP contribution in [0.3, 0.4) is 0 Å². The lowest BCUT2D eigenvalue weighted by Crippen LogP contribution is -2.39. The number of carbonyl (C=O) groups excluding carboxylic acids is 1. The summed E-state index contributed by atoms with van der Waals surface area (Å²) in [6.45, 7) is 7.74. The summed E-state index contributed by atoms with van der Waals surface area (Å²) in [4.78, 5) is 12.0. The molecular formula is C14H23N3O3S. The monoisotopic (exact) mass is 313 g/mol. The molecule has 0 aliphatic heterocycles. The Labute approximate surface area is 126 Å². The molecule has 0 radical (unpaired) electrons. The van der Waals surface area contributed by atoms with Crippen LogP contribution in [0, 0.1) is 12.8 Å². The molecule has 3 N–H and O–H groups in total. The quantitative estimate of drug-likeness (QED) is 0.777. The van der Waals surface area contributed by atoms with Gasteiger partial charge in [0, 0.05) is 11.7 Å². The van der Waals surface area contributed by atoms with Crippen molar-refractivity contribution in [3.63, 3.8) is 0 Å². The molecule has 118 valence electrons. The van der Waals surface area contributed by atoms with Crippen molar-refractivity contribution in [1.82, 2.24) is 10.0 Å². The summed E-state index contributed by atoms with van der Waals surface area (Å²) in [5, 5.41) is 5.50. The van der Waals surface area contributed by atoms with Crippen molar-refractivity contribution in [2.24, 2.45) is 5.92 Å². The average molecular weight is 313 g/mol. The molecular weight excluding hydrogens is 290 g/mol. The lowest BCUT2D eigenvalue weighted by molar-refractivity contribution is 0.246. The van der Waals surface area contributed by atoms with E-state index in [9.17, 15) is 13.2 Å². The molecule has 0 saturated carbocycles. The predicted molar refractivity (Wildman–Crippen MR) is 83.9 cm³/mol. The minimum Gasteiger partial charge on any atom is -0.335 e. The number of hydrogen-bond acceptors (Lipinski definition) is 3. The van der Waals surface area contributed by atoms with E-state index in [0.717, 1.165) is 5.56 Å². The molecule has 21 heavy (non-hydrogen) atoms. The second-order valence-electron chi connectivity index (χ2n) is 5.32. The molecule has 0 spiro atoms. The molecule has 2 amide bonds. The lowest BCUT2D eigenvalue weighted by atomic mass is 10.1. The van der Waals surface area contributed by atoms with E-state index in [1.807, 2.05) is 20.8 Å². The maximum Gasteiger partial charge on any atom is 0.319 e. The minimum atomic E-state index is -3.53. The second-order valence-corrected chi connectivity index (χ2v) is 7.20. The van der Waals surface area contributed by atoms with Crippen molar-refractivity contribution >= 4 is 21.7 Å². The van der Waals surface area contributed by atoms with Crippen molar-refractivity contribution < 1.29 is 13.2 Å². The highest BCUT2D eigenvalue weighted by Crippen LogP contribution is 2.20. The van der Waals surface area contributed by atoms with Crippen LogP contribution < -0.4 is 15.4 Å². The molecule has 0 heterocycles. The third-order valence-electron chi connectivity index (χ3n) is 3.40. The van der Waals surface area contributed by atoms with Gasteiger partial charge in [-0.15, -0.1) is 0 Å². The normalized spacial score (nSPS) is 13.0. The first-order chi connectivity index (χ1) is 9.67. The summed E-state index contributed by atoms with van der Waals surface area (Å²) in [5.41, 5.74) is 1.26. The Kier molecular flexibility index (Phi) is 5.74. The van der Waals surface area contributed by atoms with Crippen molar-refractivity contribution in [3.05, 3.63) is 23.8 Å². The lowest BCUT2D eigenvalue weighted by Gasteiger charge is -2.18. The number of anilines is 1. The van der Waals surface area contributed by atoms with E-state index in [1.165, 1.54) is 19.2 Å². The third kappa shape index (κ3) is 4.71. The van der Waals surface area contributed by atoms with Gasteiger partial charge in [0.2, 0.25) is 10.0 Å². The fraction of sp³-hybridized carbons (Fsp3) is 0.500. The number of hydrogen-bond donors (Lipinski definition) is 3. The molecule has 0 aromatic heterocycles. The van der Waals surface area contributed by atoms with Crippen LogP contribution in [0.25, 0.3) is 0 Å². The van der Waals surface area contributed by atoms with E-state index >= 15 is 0 Å². The van der Waals surface area contributed by atoms with E-state index in [0.29, 0.717) is 11.6 Å². The highest BCUT2D eigenvalue weighted by atomic mass is 32.2. The van der Waals surface area contributed by atoms with E-state index in [-0.39, 0.29) is 17.0 Å². The zero-order valence-corrected chi connectivity index (χ0v) is 13.8. The van der Waals surface area contributed by atoms with E-state index in [1.54, 1.807) is 13.0 Å². The Balaban J connectivity index is 2.93. The average Bonchev–Trinajstić information content (AvgIpc) is 2.40. The summed E-state index contributed by atoms with van der Waals surface area (Å²) in [6.07, 6.45) is 0. The van der Waals surface area contributed by atoms with Gasteiger partial charge in [-0.05, 0) is 44.5 Å². The smallest absolute Gasteiger partial charge is 0.319 e. The van der Waals surface area contributed by atoms with Crippen LogP contribution in [0.2, 0.25) is 0 Å². The Morgan fingerprint density at radius 3 is 2.33 bits per heavy atom. The minimum absolute atomic E-state index is 0.0227.